The van der Waals surface area contributed by atoms with Crippen LogP contribution in [0.2, 0.25) is 0 Å². The summed E-state index contributed by atoms with van der Waals surface area (Å²) in [5.74, 6) is -1.33. The van der Waals surface area contributed by atoms with Crippen LogP contribution in [-0.2, 0) is 17.8 Å². The zero-order valence-corrected chi connectivity index (χ0v) is 13.8. The first-order chi connectivity index (χ1) is 10.8. The highest BCUT2D eigenvalue weighted by Crippen LogP contribution is 2.17. The summed E-state index contributed by atoms with van der Waals surface area (Å²) in [6, 6.07) is 2.94. The van der Waals surface area contributed by atoms with E-state index in [9.17, 15) is 13.6 Å². The van der Waals surface area contributed by atoms with Crippen LogP contribution in [0.5, 0.6) is 0 Å². The summed E-state index contributed by atoms with van der Waals surface area (Å²) in [5, 5.41) is 6.98. The quantitative estimate of drug-likeness (QED) is 0.914. The first kappa shape index (κ1) is 17.1. The second kappa shape index (κ2) is 6.89. The number of carbonyl (C=O) groups excluding carboxylic acids is 1. The number of nitrogens with zero attached hydrogens (tertiary/aromatic N) is 2. The number of rotatable bonds is 5. The Balaban J connectivity index is 2.12. The average molecular weight is 321 g/mol. The summed E-state index contributed by atoms with van der Waals surface area (Å²) in [5.41, 5.74) is 2.69. The Morgan fingerprint density at radius 2 is 1.83 bits per heavy atom. The summed E-state index contributed by atoms with van der Waals surface area (Å²) >= 11 is 0. The number of anilines is 1. The average Bonchev–Trinajstić information content (AvgIpc) is 2.64. The Hall–Kier alpha value is -2.24. The lowest BCUT2D eigenvalue weighted by Gasteiger charge is -2.08. The Labute approximate surface area is 134 Å². The molecule has 0 radical (unpaired) electrons. The number of benzene rings is 1. The van der Waals surface area contributed by atoms with Crippen LogP contribution in [0.3, 0.4) is 0 Å². The highest BCUT2D eigenvalue weighted by molar-refractivity contribution is 5.92. The molecule has 0 aliphatic heterocycles. The van der Waals surface area contributed by atoms with Gasteiger partial charge in [-0.2, -0.15) is 5.10 Å². The van der Waals surface area contributed by atoms with Crippen LogP contribution in [0.1, 0.15) is 30.8 Å². The van der Waals surface area contributed by atoms with E-state index in [0.29, 0.717) is 5.92 Å². The van der Waals surface area contributed by atoms with Crippen molar-refractivity contribution in [3.05, 3.63) is 46.8 Å². The maximum absolute atomic E-state index is 13.2. The van der Waals surface area contributed by atoms with Gasteiger partial charge in [-0.15, -0.1) is 0 Å². The highest BCUT2D eigenvalue weighted by Gasteiger charge is 2.16. The molecular weight excluding hydrogens is 300 g/mol. The monoisotopic (exact) mass is 321 g/mol. The topological polar surface area (TPSA) is 46.9 Å². The standard InChI is InChI=1S/C17H21F2N3O/c1-10(2)9-22-12(4)16(11(3)21-22)8-17(23)20-15-6-13(18)5-14(19)7-15/h5-7,10H,8-9H2,1-4H3,(H,20,23). The fourth-order valence-electron chi connectivity index (χ4n) is 2.51. The normalized spacial score (nSPS) is 11.1. The molecule has 0 unspecified atom stereocenters. The number of aryl methyl sites for hydroxylation is 1. The summed E-state index contributed by atoms with van der Waals surface area (Å²) in [7, 11) is 0. The maximum atomic E-state index is 13.2. The molecule has 1 amide bonds. The Morgan fingerprint density at radius 1 is 1.22 bits per heavy atom. The maximum Gasteiger partial charge on any atom is 0.228 e. The van der Waals surface area contributed by atoms with Crippen LogP contribution in [0.15, 0.2) is 18.2 Å². The number of hydrogen-bond donors (Lipinski definition) is 1. The molecule has 0 saturated heterocycles. The van der Waals surface area contributed by atoms with Gasteiger partial charge in [0.15, 0.2) is 0 Å². The second-order valence-electron chi connectivity index (χ2n) is 6.11. The van der Waals surface area contributed by atoms with E-state index in [1.165, 1.54) is 0 Å². The van der Waals surface area contributed by atoms with Gasteiger partial charge < -0.3 is 5.32 Å². The Kier molecular flexibility index (Phi) is 5.13. The van der Waals surface area contributed by atoms with Gasteiger partial charge >= 0.3 is 0 Å². The van der Waals surface area contributed by atoms with E-state index in [0.717, 1.165) is 41.7 Å². The van der Waals surface area contributed by atoms with Gasteiger partial charge in [-0.1, -0.05) is 13.8 Å². The van der Waals surface area contributed by atoms with Gasteiger partial charge in [-0.25, -0.2) is 8.78 Å². The molecule has 0 aliphatic carbocycles. The molecule has 0 fully saturated rings. The summed E-state index contributed by atoms with van der Waals surface area (Å²) in [4.78, 5) is 12.1. The van der Waals surface area contributed by atoms with E-state index in [1.54, 1.807) is 0 Å². The van der Waals surface area contributed by atoms with Crippen LogP contribution in [0.4, 0.5) is 14.5 Å². The minimum absolute atomic E-state index is 0.109. The predicted molar refractivity (Wildman–Crippen MR) is 85.2 cm³/mol. The summed E-state index contributed by atoms with van der Waals surface area (Å²) in [6.45, 7) is 8.76. The first-order valence-electron chi connectivity index (χ1n) is 7.55. The molecule has 2 rings (SSSR count). The highest BCUT2D eigenvalue weighted by atomic mass is 19.1. The molecule has 0 atom stereocenters. The molecule has 1 aromatic heterocycles. The molecule has 0 bridgehead atoms. The van der Waals surface area contributed by atoms with Gasteiger partial charge in [-0.3, -0.25) is 9.48 Å². The van der Waals surface area contributed by atoms with E-state index < -0.39 is 11.6 Å². The summed E-state index contributed by atoms with van der Waals surface area (Å²) in [6.07, 6.45) is 0.119. The minimum atomic E-state index is -0.725. The number of carbonyl (C=O) groups is 1. The van der Waals surface area contributed by atoms with Crippen LogP contribution >= 0.6 is 0 Å². The van der Waals surface area contributed by atoms with Crippen molar-refractivity contribution in [1.29, 1.82) is 0 Å². The largest absolute Gasteiger partial charge is 0.326 e. The van der Waals surface area contributed by atoms with Crippen molar-refractivity contribution < 1.29 is 13.6 Å². The molecule has 2 aromatic rings. The molecule has 4 nitrogen and oxygen atoms in total. The van der Waals surface area contributed by atoms with E-state index in [2.05, 4.69) is 24.3 Å². The third kappa shape index (κ3) is 4.37. The molecule has 124 valence electrons. The van der Waals surface area contributed by atoms with E-state index in [1.807, 2.05) is 18.5 Å². The van der Waals surface area contributed by atoms with Crippen LogP contribution in [-0.4, -0.2) is 15.7 Å². The third-order valence-electron chi connectivity index (χ3n) is 3.55. The van der Waals surface area contributed by atoms with Gasteiger partial charge in [0.05, 0.1) is 12.1 Å². The molecule has 6 heteroatoms. The lowest BCUT2D eigenvalue weighted by molar-refractivity contribution is -0.115. The van der Waals surface area contributed by atoms with E-state index >= 15 is 0 Å². The van der Waals surface area contributed by atoms with Crippen molar-refractivity contribution in [2.45, 2.75) is 40.7 Å². The fraction of sp³-hybridized carbons (Fsp3) is 0.412. The van der Waals surface area contributed by atoms with Gasteiger partial charge in [0.2, 0.25) is 5.91 Å². The molecule has 1 N–H and O–H groups in total. The van der Waals surface area contributed by atoms with Gasteiger partial charge in [-0.05, 0) is 31.9 Å². The number of halogens is 2. The van der Waals surface area contributed by atoms with E-state index in [-0.39, 0.29) is 18.0 Å². The van der Waals surface area contributed by atoms with Crippen molar-refractivity contribution in [3.8, 4) is 0 Å². The van der Waals surface area contributed by atoms with Crippen LogP contribution in [0.25, 0.3) is 0 Å². The van der Waals surface area contributed by atoms with Crippen molar-refractivity contribution in [1.82, 2.24) is 9.78 Å². The number of nitrogens with one attached hydrogen (secondary N) is 1. The zero-order chi connectivity index (χ0) is 17.1. The molecule has 0 aliphatic rings. The molecule has 1 aromatic carbocycles. The lowest BCUT2D eigenvalue weighted by atomic mass is 10.1. The molecule has 1 heterocycles. The predicted octanol–water partition coefficient (Wildman–Crippen LogP) is 3.62. The smallest absolute Gasteiger partial charge is 0.228 e. The van der Waals surface area contributed by atoms with Crippen LogP contribution in [0, 0.1) is 31.4 Å². The SMILES string of the molecule is Cc1nn(CC(C)C)c(C)c1CC(=O)Nc1cc(F)cc(F)c1. The number of hydrogen-bond acceptors (Lipinski definition) is 2. The molecular formula is C17H21F2N3O. The lowest BCUT2D eigenvalue weighted by Crippen LogP contribution is -2.16. The Morgan fingerprint density at radius 3 is 2.39 bits per heavy atom. The molecule has 23 heavy (non-hydrogen) atoms. The van der Waals surface area contributed by atoms with Crippen LogP contribution < -0.4 is 5.32 Å². The first-order valence-corrected chi connectivity index (χ1v) is 7.55. The summed E-state index contributed by atoms with van der Waals surface area (Å²) < 4.78 is 28.2. The van der Waals surface area contributed by atoms with Gasteiger partial charge in [0.25, 0.3) is 0 Å². The Bertz CT molecular complexity index is 703. The van der Waals surface area contributed by atoms with E-state index in [4.69, 9.17) is 0 Å². The number of amides is 1. The van der Waals surface area contributed by atoms with Gasteiger partial charge in [0.1, 0.15) is 11.6 Å². The zero-order valence-electron chi connectivity index (χ0n) is 13.8. The molecule has 0 saturated carbocycles. The second-order valence-corrected chi connectivity index (χ2v) is 6.11. The van der Waals surface area contributed by atoms with Crippen molar-refractivity contribution in [2.24, 2.45) is 5.92 Å². The third-order valence-corrected chi connectivity index (χ3v) is 3.55. The van der Waals surface area contributed by atoms with Gasteiger partial charge in [0, 0.05) is 29.6 Å². The number of aromatic nitrogens is 2. The molecule has 0 spiro atoms. The minimum Gasteiger partial charge on any atom is -0.326 e. The van der Waals surface area contributed by atoms with Crippen molar-refractivity contribution >= 4 is 11.6 Å². The van der Waals surface area contributed by atoms with Crippen molar-refractivity contribution in [2.75, 3.05) is 5.32 Å². The fourth-order valence-corrected chi connectivity index (χ4v) is 2.51. The van der Waals surface area contributed by atoms with Crippen molar-refractivity contribution in [3.63, 3.8) is 0 Å².